The van der Waals surface area contributed by atoms with E-state index in [9.17, 15) is 0 Å². The summed E-state index contributed by atoms with van der Waals surface area (Å²) >= 11 is 0. The van der Waals surface area contributed by atoms with Crippen LogP contribution in [0.5, 0.6) is 0 Å². The number of piperidine rings is 1. The molecule has 0 saturated carbocycles. The summed E-state index contributed by atoms with van der Waals surface area (Å²) in [6.07, 6.45) is 3.93. The molecular formula is C15H28N2. The molecule has 0 aromatic carbocycles. The highest BCUT2D eigenvalue weighted by Crippen LogP contribution is 2.45. The average molecular weight is 236 g/mol. The standard InChI is InChI=1S/C15H28N2/c1-6-16-9-7-15(12-16)8-10-17(13(2)11-15)14(3,4)5/h2,6-12H2,1,3-5H3. The molecule has 0 aromatic heterocycles. The minimum atomic E-state index is 0.238. The Hall–Kier alpha value is -0.500. The molecule has 2 rings (SSSR count). The first kappa shape index (κ1) is 12.9. The molecule has 0 amide bonds. The van der Waals surface area contributed by atoms with Crippen LogP contribution < -0.4 is 0 Å². The second kappa shape index (κ2) is 4.31. The van der Waals surface area contributed by atoms with Crippen molar-refractivity contribution in [3.8, 4) is 0 Å². The van der Waals surface area contributed by atoms with Gasteiger partial charge in [-0.25, -0.2) is 0 Å². The lowest BCUT2D eigenvalue weighted by Gasteiger charge is -2.48. The minimum Gasteiger partial charge on any atom is -0.370 e. The van der Waals surface area contributed by atoms with Crippen LogP contribution in [0.3, 0.4) is 0 Å². The fourth-order valence-corrected chi connectivity index (χ4v) is 3.58. The summed E-state index contributed by atoms with van der Waals surface area (Å²) < 4.78 is 0. The van der Waals surface area contributed by atoms with E-state index in [1.807, 2.05) is 0 Å². The number of likely N-dealkylation sites (tertiary alicyclic amines) is 2. The molecule has 2 fully saturated rings. The Bertz CT molecular complexity index is 303. The molecule has 0 bridgehead atoms. The van der Waals surface area contributed by atoms with Crippen molar-refractivity contribution in [2.75, 3.05) is 26.2 Å². The second-order valence-electron chi connectivity index (χ2n) is 6.93. The van der Waals surface area contributed by atoms with Crippen LogP contribution >= 0.6 is 0 Å². The third kappa shape index (κ3) is 2.52. The van der Waals surface area contributed by atoms with Crippen molar-refractivity contribution in [3.63, 3.8) is 0 Å². The van der Waals surface area contributed by atoms with Crippen molar-refractivity contribution >= 4 is 0 Å². The van der Waals surface area contributed by atoms with E-state index in [0.717, 1.165) is 0 Å². The Morgan fingerprint density at radius 2 is 1.88 bits per heavy atom. The molecular weight excluding hydrogens is 208 g/mol. The van der Waals surface area contributed by atoms with E-state index in [-0.39, 0.29) is 5.54 Å². The normalized spacial score (nSPS) is 31.5. The van der Waals surface area contributed by atoms with E-state index < -0.39 is 0 Å². The molecule has 2 heteroatoms. The first-order valence-corrected chi connectivity index (χ1v) is 7.04. The lowest BCUT2D eigenvalue weighted by molar-refractivity contribution is 0.0893. The fraction of sp³-hybridized carbons (Fsp3) is 0.867. The Kier molecular flexibility index (Phi) is 3.28. The van der Waals surface area contributed by atoms with Crippen LogP contribution in [0.1, 0.15) is 47.0 Å². The van der Waals surface area contributed by atoms with Crippen LogP contribution in [-0.2, 0) is 0 Å². The van der Waals surface area contributed by atoms with Gasteiger partial charge in [0.1, 0.15) is 0 Å². The molecule has 1 unspecified atom stereocenters. The van der Waals surface area contributed by atoms with Crippen LogP contribution in [0, 0.1) is 5.41 Å². The molecule has 2 aliphatic heterocycles. The van der Waals surface area contributed by atoms with Gasteiger partial charge in [0.15, 0.2) is 0 Å². The Morgan fingerprint density at radius 3 is 2.35 bits per heavy atom. The first-order chi connectivity index (χ1) is 7.86. The zero-order valence-corrected chi connectivity index (χ0v) is 12.1. The van der Waals surface area contributed by atoms with E-state index in [1.165, 1.54) is 51.1 Å². The van der Waals surface area contributed by atoms with Crippen LogP contribution in [0.2, 0.25) is 0 Å². The Morgan fingerprint density at radius 1 is 1.24 bits per heavy atom. The molecule has 1 atom stereocenters. The molecule has 2 nitrogen and oxygen atoms in total. The zero-order valence-electron chi connectivity index (χ0n) is 12.1. The van der Waals surface area contributed by atoms with Crippen molar-refractivity contribution in [1.82, 2.24) is 9.80 Å². The van der Waals surface area contributed by atoms with Gasteiger partial charge in [-0.05, 0) is 58.5 Å². The topological polar surface area (TPSA) is 6.48 Å². The summed E-state index contributed by atoms with van der Waals surface area (Å²) in [4.78, 5) is 5.10. The monoisotopic (exact) mass is 236 g/mol. The van der Waals surface area contributed by atoms with Crippen molar-refractivity contribution in [2.45, 2.75) is 52.5 Å². The van der Waals surface area contributed by atoms with Gasteiger partial charge in [0.05, 0.1) is 0 Å². The number of hydrogen-bond donors (Lipinski definition) is 0. The summed E-state index contributed by atoms with van der Waals surface area (Å²) in [5, 5.41) is 0. The Balaban J connectivity index is 2.03. The van der Waals surface area contributed by atoms with Gasteiger partial charge in [0, 0.05) is 24.3 Å². The third-order valence-electron chi connectivity index (χ3n) is 4.60. The predicted molar refractivity (Wildman–Crippen MR) is 74.0 cm³/mol. The van der Waals surface area contributed by atoms with E-state index in [4.69, 9.17) is 0 Å². The van der Waals surface area contributed by atoms with Gasteiger partial charge < -0.3 is 9.80 Å². The summed E-state index contributed by atoms with van der Waals surface area (Å²) in [6.45, 7) is 18.5. The van der Waals surface area contributed by atoms with Crippen molar-refractivity contribution in [2.24, 2.45) is 5.41 Å². The van der Waals surface area contributed by atoms with Crippen LogP contribution in [0.15, 0.2) is 12.3 Å². The van der Waals surface area contributed by atoms with Crippen LogP contribution in [0.25, 0.3) is 0 Å². The largest absolute Gasteiger partial charge is 0.370 e. The molecule has 0 aliphatic carbocycles. The second-order valence-corrected chi connectivity index (χ2v) is 6.93. The maximum Gasteiger partial charge on any atom is 0.0314 e. The van der Waals surface area contributed by atoms with E-state index in [1.54, 1.807) is 0 Å². The molecule has 17 heavy (non-hydrogen) atoms. The highest BCUT2D eigenvalue weighted by Gasteiger charge is 2.42. The maximum atomic E-state index is 4.34. The SMILES string of the molecule is C=C1CC2(CCN(CC)C2)CCN1C(C)(C)C. The van der Waals surface area contributed by atoms with Gasteiger partial charge >= 0.3 is 0 Å². The third-order valence-corrected chi connectivity index (χ3v) is 4.60. The van der Waals surface area contributed by atoms with E-state index in [0.29, 0.717) is 5.41 Å². The first-order valence-electron chi connectivity index (χ1n) is 7.04. The lowest BCUT2D eigenvalue weighted by Crippen LogP contribution is -2.48. The van der Waals surface area contributed by atoms with Gasteiger partial charge in [-0.3, -0.25) is 0 Å². The van der Waals surface area contributed by atoms with Crippen molar-refractivity contribution in [3.05, 3.63) is 12.3 Å². The molecule has 1 spiro atoms. The van der Waals surface area contributed by atoms with Crippen LogP contribution in [0.4, 0.5) is 0 Å². The molecule has 2 aliphatic rings. The van der Waals surface area contributed by atoms with E-state index in [2.05, 4.69) is 44.1 Å². The number of hydrogen-bond acceptors (Lipinski definition) is 2. The Labute approximate surface area is 107 Å². The van der Waals surface area contributed by atoms with Gasteiger partial charge in [-0.2, -0.15) is 0 Å². The number of allylic oxidation sites excluding steroid dienone is 1. The van der Waals surface area contributed by atoms with Gasteiger partial charge in [-0.15, -0.1) is 0 Å². The average Bonchev–Trinajstić information content (AvgIpc) is 2.59. The number of rotatable bonds is 1. The molecule has 0 N–H and O–H groups in total. The summed E-state index contributed by atoms with van der Waals surface area (Å²) in [7, 11) is 0. The molecule has 2 saturated heterocycles. The highest BCUT2D eigenvalue weighted by atomic mass is 15.2. The van der Waals surface area contributed by atoms with Gasteiger partial charge in [0.25, 0.3) is 0 Å². The smallest absolute Gasteiger partial charge is 0.0314 e. The summed E-state index contributed by atoms with van der Waals surface area (Å²) in [5.41, 5.74) is 2.15. The van der Waals surface area contributed by atoms with Crippen LogP contribution in [-0.4, -0.2) is 41.5 Å². The zero-order chi connectivity index (χ0) is 12.7. The van der Waals surface area contributed by atoms with Gasteiger partial charge in [0.2, 0.25) is 0 Å². The number of nitrogens with zero attached hydrogens (tertiary/aromatic N) is 2. The molecule has 0 radical (unpaired) electrons. The van der Waals surface area contributed by atoms with Crippen molar-refractivity contribution in [1.29, 1.82) is 0 Å². The fourth-order valence-electron chi connectivity index (χ4n) is 3.58. The summed E-state index contributed by atoms with van der Waals surface area (Å²) in [6, 6.07) is 0. The highest BCUT2D eigenvalue weighted by molar-refractivity contribution is 5.10. The summed E-state index contributed by atoms with van der Waals surface area (Å²) in [5.74, 6) is 0. The maximum absolute atomic E-state index is 4.34. The lowest BCUT2D eigenvalue weighted by atomic mass is 9.75. The van der Waals surface area contributed by atoms with E-state index >= 15 is 0 Å². The molecule has 2 heterocycles. The molecule has 98 valence electrons. The molecule has 0 aromatic rings. The van der Waals surface area contributed by atoms with Gasteiger partial charge in [-0.1, -0.05) is 13.5 Å². The van der Waals surface area contributed by atoms with Crippen molar-refractivity contribution < 1.29 is 0 Å². The quantitative estimate of drug-likeness (QED) is 0.690. The predicted octanol–water partition coefficient (Wildman–Crippen LogP) is 3.11. The minimum absolute atomic E-state index is 0.238.